The molecule has 9 heteroatoms. The first kappa shape index (κ1) is 33.5. The smallest absolute Gasteiger partial charge is 0.417 e. The zero-order valence-corrected chi connectivity index (χ0v) is 27.9. The summed E-state index contributed by atoms with van der Waals surface area (Å²) in [5.41, 5.74) is 3.21. The summed E-state index contributed by atoms with van der Waals surface area (Å²) < 4.78 is 17.8. The van der Waals surface area contributed by atoms with E-state index in [-0.39, 0.29) is 17.6 Å². The summed E-state index contributed by atoms with van der Waals surface area (Å²) in [5.74, 6) is -1.09. The molecule has 4 rings (SSSR count). The van der Waals surface area contributed by atoms with Crippen LogP contribution >= 0.6 is 0 Å². The molecule has 1 unspecified atom stereocenters. The highest BCUT2D eigenvalue weighted by atomic mass is 28.4. The van der Waals surface area contributed by atoms with Gasteiger partial charge < -0.3 is 19.0 Å². The summed E-state index contributed by atoms with van der Waals surface area (Å²) in [6.45, 7) is 13.0. The van der Waals surface area contributed by atoms with Crippen LogP contribution in [0.25, 0.3) is 17.0 Å². The molecule has 0 aliphatic carbocycles. The number of carbonyl (C=O) groups excluding carboxylic acids is 2. The number of nitrogens with zero attached hydrogens (tertiary/aromatic N) is 2. The topological polar surface area (TPSA) is 98.2 Å². The molecule has 8 nitrogen and oxygen atoms in total. The lowest BCUT2D eigenvalue weighted by Gasteiger charge is -2.42. The van der Waals surface area contributed by atoms with Crippen molar-refractivity contribution in [3.05, 3.63) is 83.6 Å². The second-order valence-electron chi connectivity index (χ2n) is 12.9. The van der Waals surface area contributed by atoms with Crippen LogP contribution in [0.4, 0.5) is 4.79 Å². The summed E-state index contributed by atoms with van der Waals surface area (Å²) in [4.78, 5) is 33.3. The van der Waals surface area contributed by atoms with Gasteiger partial charge in [-0.3, -0.25) is 9.78 Å². The average Bonchev–Trinajstić information content (AvgIpc) is 3.34. The van der Waals surface area contributed by atoms with Gasteiger partial charge in [0.2, 0.25) is 5.91 Å². The minimum absolute atomic E-state index is 0.120. The number of imide groups is 1. The van der Waals surface area contributed by atoms with Crippen LogP contribution in [0.1, 0.15) is 57.5 Å². The molecule has 0 spiro atoms. The van der Waals surface area contributed by atoms with Crippen LogP contribution in [-0.2, 0) is 25.1 Å². The van der Waals surface area contributed by atoms with Gasteiger partial charge in [0.1, 0.15) is 6.61 Å². The van der Waals surface area contributed by atoms with Crippen LogP contribution < -0.4 is 0 Å². The Morgan fingerprint density at radius 3 is 2.52 bits per heavy atom. The number of methoxy groups -OCH3 is 1. The Morgan fingerprint density at radius 1 is 1.16 bits per heavy atom. The maximum Gasteiger partial charge on any atom is 0.417 e. The lowest BCUT2D eigenvalue weighted by molar-refractivity contribution is -0.134. The molecule has 3 aromatic rings. The first-order valence-electron chi connectivity index (χ1n) is 15.3. The van der Waals surface area contributed by atoms with Crippen molar-refractivity contribution in [3.63, 3.8) is 0 Å². The van der Waals surface area contributed by atoms with Crippen molar-refractivity contribution < 1.29 is 28.6 Å². The maximum absolute atomic E-state index is 14.3. The number of pyridine rings is 1. The second-order valence-corrected chi connectivity index (χ2v) is 17.6. The lowest BCUT2D eigenvalue weighted by Crippen LogP contribution is -2.51. The SMILES string of the molecule is COCC[Si](C)(O[C@@H](C)[C@@H](/C=C/c1ccc2ccc([C@@H](C)O)nc2c1)C(=O)N1C(=O)OC[C@H]1Cc1ccccc1)C(C)(C)C. The van der Waals surface area contributed by atoms with Crippen LogP contribution in [0.15, 0.2) is 66.7 Å². The number of hydrogen-bond acceptors (Lipinski definition) is 7. The van der Waals surface area contributed by atoms with E-state index < -0.39 is 38.6 Å². The zero-order valence-electron chi connectivity index (χ0n) is 26.9. The maximum atomic E-state index is 14.3. The average molecular weight is 619 g/mol. The number of benzene rings is 2. The molecule has 1 aliphatic rings. The molecular formula is C35H46N2O6Si. The quantitative estimate of drug-likeness (QED) is 0.220. The minimum atomic E-state index is -2.42. The van der Waals surface area contributed by atoms with Crippen LogP contribution in [0.2, 0.25) is 17.6 Å². The molecule has 44 heavy (non-hydrogen) atoms. The van der Waals surface area contributed by atoms with Gasteiger partial charge in [0, 0.05) is 19.1 Å². The van der Waals surface area contributed by atoms with Crippen molar-refractivity contribution >= 4 is 37.3 Å². The molecular weight excluding hydrogens is 572 g/mol. The number of aliphatic hydroxyl groups is 1. The molecule has 1 saturated heterocycles. The van der Waals surface area contributed by atoms with Crippen molar-refractivity contribution in [1.82, 2.24) is 9.88 Å². The zero-order chi connectivity index (χ0) is 32.1. The minimum Gasteiger partial charge on any atom is -0.447 e. The fourth-order valence-electron chi connectivity index (χ4n) is 5.46. The van der Waals surface area contributed by atoms with Gasteiger partial charge in [0.15, 0.2) is 8.32 Å². The van der Waals surface area contributed by atoms with Crippen molar-refractivity contribution in [2.75, 3.05) is 20.3 Å². The number of aliphatic hydroxyl groups excluding tert-OH is 1. The van der Waals surface area contributed by atoms with Gasteiger partial charge in [-0.15, -0.1) is 0 Å². The summed E-state index contributed by atoms with van der Waals surface area (Å²) in [6, 6.07) is 19.8. The third-order valence-corrected chi connectivity index (χ3v) is 14.0. The summed E-state index contributed by atoms with van der Waals surface area (Å²) in [7, 11) is -0.734. The molecule has 2 aromatic carbocycles. The Hall–Kier alpha value is -3.37. The lowest BCUT2D eigenvalue weighted by atomic mass is 9.98. The van der Waals surface area contributed by atoms with Crippen molar-refractivity contribution in [3.8, 4) is 0 Å². The van der Waals surface area contributed by atoms with Gasteiger partial charge in [-0.05, 0) is 61.2 Å². The summed E-state index contributed by atoms with van der Waals surface area (Å²) in [5, 5.41) is 10.8. The predicted octanol–water partition coefficient (Wildman–Crippen LogP) is 6.93. The van der Waals surface area contributed by atoms with E-state index in [1.54, 1.807) is 14.0 Å². The van der Waals surface area contributed by atoms with Gasteiger partial charge in [-0.2, -0.15) is 0 Å². The van der Waals surface area contributed by atoms with Crippen molar-refractivity contribution in [1.29, 1.82) is 0 Å². The van der Waals surface area contributed by atoms with E-state index in [9.17, 15) is 14.7 Å². The standard InChI is InChI=1S/C35H46N2O6Si/c1-24(38)31-18-16-28-15-13-27(22-32(28)36-31)14-17-30(25(2)43-44(7,20-19-41-6)35(3,4)5)33(39)37-29(23-42-34(37)40)21-26-11-9-8-10-12-26/h8-18,22,24-25,29-30,38H,19-21,23H2,1-7H3/b17-14+/t24-,25+,29-,30-,44?/m1/s1. The molecule has 1 aromatic heterocycles. The Morgan fingerprint density at radius 2 is 1.86 bits per heavy atom. The number of hydrogen-bond donors (Lipinski definition) is 1. The molecule has 0 saturated carbocycles. The van der Waals surface area contributed by atoms with E-state index >= 15 is 0 Å². The second kappa shape index (κ2) is 14.2. The Kier molecular flexibility index (Phi) is 10.8. The third-order valence-electron chi connectivity index (χ3n) is 8.78. The molecule has 1 fully saturated rings. The fourth-order valence-corrected chi connectivity index (χ4v) is 8.24. The number of aromatic nitrogens is 1. The highest BCUT2D eigenvalue weighted by Crippen LogP contribution is 2.41. The number of fused-ring (bicyclic) bond motifs is 1. The van der Waals surface area contributed by atoms with Crippen LogP contribution in [0.3, 0.4) is 0 Å². The number of carbonyl (C=O) groups is 2. The first-order valence-corrected chi connectivity index (χ1v) is 17.9. The number of amides is 2. The fraction of sp³-hybridized carbons (Fsp3) is 0.457. The van der Waals surface area contributed by atoms with Gasteiger partial charge in [0.05, 0.1) is 35.4 Å². The molecule has 2 amide bonds. The van der Waals surface area contributed by atoms with Gasteiger partial charge in [-0.25, -0.2) is 9.69 Å². The Bertz CT molecular complexity index is 1470. The van der Waals surface area contributed by atoms with Crippen molar-refractivity contribution in [2.45, 2.75) is 76.9 Å². The third kappa shape index (κ3) is 7.82. The molecule has 5 atom stereocenters. The normalized spacial score (nSPS) is 19.1. The van der Waals surface area contributed by atoms with Gasteiger partial charge in [0.25, 0.3) is 0 Å². The van der Waals surface area contributed by atoms with Gasteiger partial charge in [-0.1, -0.05) is 81.5 Å². The monoisotopic (exact) mass is 618 g/mol. The number of rotatable bonds is 12. The van der Waals surface area contributed by atoms with Crippen LogP contribution in [0, 0.1) is 5.92 Å². The van der Waals surface area contributed by atoms with E-state index in [1.807, 2.05) is 79.7 Å². The van der Waals surface area contributed by atoms with E-state index in [4.69, 9.17) is 13.9 Å². The molecule has 0 radical (unpaired) electrons. The van der Waals surface area contributed by atoms with Crippen LogP contribution in [-0.4, -0.2) is 67.8 Å². The first-order chi connectivity index (χ1) is 20.8. The summed E-state index contributed by atoms with van der Waals surface area (Å²) in [6.07, 6.45) is 2.41. The predicted molar refractivity (Wildman–Crippen MR) is 176 cm³/mol. The molecule has 236 valence electrons. The molecule has 2 heterocycles. The summed E-state index contributed by atoms with van der Waals surface area (Å²) >= 11 is 0. The molecule has 0 bridgehead atoms. The molecule has 1 aliphatic heterocycles. The highest BCUT2D eigenvalue weighted by Gasteiger charge is 2.46. The van der Waals surface area contributed by atoms with E-state index in [2.05, 4.69) is 32.3 Å². The largest absolute Gasteiger partial charge is 0.447 e. The van der Waals surface area contributed by atoms with Crippen molar-refractivity contribution in [2.24, 2.45) is 5.92 Å². The van der Waals surface area contributed by atoms with E-state index in [0.29, 0.717) is 18.7 Å². The highest BCUT2D eigenvalue weighted by molar-refractivity contribution is 6.75. The Balaban J connectivity index is 1.69. The Labute approximate surface area is 262 Å². The van der Waals surface area contributed by atoms with E-state index in [1.165, 1.54) is 4.90 Å². The molecule has 1 N–H and O–H groups in total. The van der Waals surface area contributed by atoms with E-state index in [0.717, 1.165) is 28.1 Å². The van der Waals surface area contributed by atoms with Crippen LogP contribution in [0.5, 0.6) is 0 Å². The number of cyclic esters (lactones) is 1. The van der Waals surface area contributed by atoms with Gasteiger partial charge >= 0.3 is 6.09 Å². The number of ether oxygens (including phenoxy) is 2.